The minimum Gasteiger partial charge on any atom is -0.445 e. The van der Waals surface area contributed by atoms with E-state index in [2.05, 4.69) is 0 Å². The first-order valence-electron chi connectivity index (χ1n) is 6.33. The predicted molar refractivity (Wildman–Crippen MR) is 68.2 cm³/mol. The van der Waals surface area contributed by atoms with E-state index in [1.54, 1.807) is 4.90 Å². The van der Waals surface area contributed by atoms with Crippen LogP contribution in [0.25, 0.3) is 0 Å². The highest BCUT2D eigenvalue weighted by Crippen LogP contribution is 2.08. The van der Waals surface area contributed by atoms with Crippen LogP contribution in [0.15, 0.2) is 30.3 Å². The molecule has 1 saturated heterocycles. The van der Waals surface area contributed by atoms with Gasteiger partial charge in [-0.3, -0.25) is 0 Å². The smallest absolute Gasteiger partial charge is 0.410 e. The number of amides is 1. The second-order valence-corrected chi connectivity index (χ2v) is 4.52. The second kappa shape index (κ2) is 6.40. The van der Waals surface area contributed by atoms with Crippen LogP contribution in [0.4, 0.5) is 4.79 Å². The first-order valence-corrected chi connectivity index (χ1v) is 6.33. The van der Waals surface area contributed by atoms with E-state index in [4.69, 9.17) is 9.47 Å². The van der Waals surface area contributed by atoms with E-state index in [9.17, 15) is 4.79 Å². The molecule has 1 aromatic carbocycles. The van der Waals surface area contributed by atoms with Crippen LogP contribution in [0.3, 0.4) is 0 Å². The van der Waals surface area contributed by atoms with Crippen molar-refractivity contribution in [3.8, 4) is 0 Å². The molecule has 1 aromatic rings. The maximum atomic E-state index is 11.9. The minimum absolute atomic E-state index is 0.0803. The zero-order chi connectivity index (χ0) is 12.8. The fraction of sp³-hybridized carbons (Fsp3) is 0.500. The van der Waals surface area contributed by atoms with E-state index in [0.717, 1.165) is 12.0 Å². The summed E-state index contributed by atoms with van der Waals surface area (Å²) in [5.74, 6) is 0. The molecule has 2 rings (SSSR count). The molecular formula is C14H19NO3. The molecule has 4 heteroatoms. The van der Waals surface area contributed by atoms with Crippen molar-refractivity contribution in [1.29, 1.82) is 0 Å². The summed E-state index contributed by atoms with van der Waals surface area (Å²) in [5.41, 5.74) is 1.00. The first-order chi connectivity index (χ1) is 8.75. The summed E-state index contributed by atoms with van der Waals surface area (Å²) >= 11 is 0. The van der Waals surface area contributed by atoms with Gasteiger partial charge in [0, 0.05) is 19.7 Å². The number of benzene rings is 1. The Balaban J connectivity index is 1.83. The number of rotatable bonds is 2. The maximum absolute atomic E-state index is 11.9. The lowest BCUT2D eigenvalue weighted by atomic mass is 10.2. The summed E-state index contributed by atoms with van der Waals surface area (Å²) in [6.07, 6.45) is 0.693. The highest BCUT2D eigenvalue weighted by atomic mass is 16.6. The van der Waals surface area contributed by atoms with Crippen molar-refractivity contribution < 1.29 is 14.3 Å². The molecule has 1 aliphatic rings. The SMILES string of the molecule is CC1CN(C(=O)OCc2ccccc2)CCCO1. The van der Waals surface area contributed by atoms with Gasteiger partial charge in [0.1, 0.15) is 6.61 Å². The molecule has 98 valence electrons. The Kier molecular flexibility index (Phi) is 4.59. The molecule has 1 atom stereocenters. The number of hydrogen-bond donors (Lipinski definition) is 0. The first kappa shape index (κ1) is 12.9. The molecule has 1 heterocycles. The zero-order valence-corrected chi connectivity index (χ0v) is 10.7. The molecule has 0 radical (unpaired) electrons. The number of ether oxygens (including phenoxy) is 2. The third-order valence-corrected chi connectivity index (χ3v) is 2.92. The summed E-state index contributed by atoms with van der Waals surface area (Å²) in [4.78, 5) is 13.6. The van der Waals surface area contributed by atoms with Crippen molar-refractivity contribution >= 4 is 6.09 Å². The molecule has 0 aromatic heterocycles. The average Bonchev–Trinajstić information content (AvgIpc) is 2.62. The predicted octanol–water partition coefficient (Wildman–Crippen LogP) is 2.43. The summed E-state index contributed by atoms with van der Waals surface area (Å²) < 4.78 is 10.8. The molecule has 0 spiro atoms. The van der Waals surface area contributed by atoms with E-state index in [-0.39, 0.29) is 12.2 Å². The van der Waals surface area contributed by atoms with Gasteiger partial charge in [-0.1, -0.05) is 30.3 Å². The Morgan fingerprint density at radius 2 is 2.22 bits per heavy atom. The van der Waals surface area contributed by atoms with E-state index >= 15 is 0 Å². The number of hydrogen-bond acceptors (Lipinski definition) is 3. The second-order valence-electron chi connectivity index (χ2n) is 4.52. The van der Waals surface area contributed by atoms with Crippen molar-refractivity contribution in [3.05, 3.63) is 35.9 Å². The van der Waals surface area contributed by atoms with Crippen LogP contribution in [0.5, 0.6) is 0 Å². The summed E-state index contributed by atoms with van der Waals surface area (Å²) in [5, 5.41) is 0. The van der Waals surface area contributed by atoms with Crippen molar-refractivity contribution in [2.45, 2.75) is 26.1 Å². The maximum Gasteiger partial charge on any atom is 0.410 e. The van der Waals surface area contributed by atoms with Crippen LogP contribution in [0.1, 0.15) is 18.9 Å². The summed E-state index contributed by atoms with van der Waals surface area (Å²) in [7, 11) is 0. The van der Waals surface area contributed by atoms with E-state index in [1.807, 2.05) is 37.3 Å². The molecule has 4 nitrogen and oxygen atoms in total. The highest BCUT2D eigenvalue weighted by Gasteiger charge is 2.20. The van der Waals surface area contributed by atoms with Gasteiger partial charge in [0.05, 0.1) is 6.10 Å². The normalized spacial score (nSPS) is 20.3. The van der Waals surface area contributed by atoms with Gasteiger partial charge < -0.3 is 14.4 Å². The zero-order valence-electron chi connectivity index (χ0n) is 10.7. The lowest BCUT2D eigenvalue weighted by Gasteiger charge is -2.21. The van der Waals surface area contributed by atoms with Crippen LogP contribution >= 0.6 is 0 Å². The minimum atomic E-state index is -0.254. The van der Waals surface area contributed by atoms with Crippen molar-refractivity contribution in [3.63, 3.8) is 0 Å². The van der Waals surface area contributed by atoms with Gasteiger partial charge >= 0.3 is 6.09 Å². The standard InChI is InChI=1S/C14H19NO3/c1-12-10-15(8-5-9-17-12)14(16)18-11-13-6-3-2-4-7-13/h2-4,6-7,12H,5,8-11H2,1H3. The topological polar surface area (TPSA) is 38.8 Å². The van der Waals surface area contributed by atoms with Gasteiger partial charge in [-0.05, 0) is 18.9 Å². The van der Waals surface area contributed by atoms with Crippen LogP contribution < -0.4 is 0 Å². The van der Waals surface area contributed by atoms with Gasteiger partial charge in [0.15, 0.2) is 0 Å². The van der Waals surface area contributed by atoms with Gasteiger partial charge in [-0.2, -0.15) is 0 Å². The molecule has 1 fully saturated rings. The summed E-state index contributed by atoms with van der Waals surface area (Å²) in [6.45, 7) is 4.32. The molecule has 0 saturated carbocycles. The Morgan fingerprint density at radius 3 is 3.00 bits per heavy atom. The van der Waals surface area contributed by atoms with Crippen molar-refractivity contribution in [1.82, 2.24) is 4.90 Å². The molecule has 0 bridgehead atoms. The van der Waals surface area contributed by atoms with Gasteiger partial charge in [0.2, 0.25) is 0 Å². The molecule has 1 unspecified atom stereocenters. The van der Waals surface area contributed by atoms with Crippen LogP contribution in [0.2, 0.25) is 0 Å². The lowest BCUT2D eigenvalue weighted by Crippen LogP contribution is -2.36. The van der Waals surface area contributed by atoms with Gasteiger partial charge in [-0.15, -0.1) is 0 Å². The van der Waals surface area contributed by atoms with Gasteiger partial charge in [-0.25, -0.2) is 4.79 Å². The van der Waals surface area contributed by atoms with E-state index in [0.29, 0.717) is 26.3 Å². The number of nitrogens with zero attached hydrogens (tertiary/aromatic N) is 1. The fourth-order valence-electron chi connectivity index (χ4n) is 1.97. The van der Waals surface area contributed by atoms with Crippen molar-refractivity contribution in [2.24, 2.45) is 0 Å². The molecule has 18 heavy (non-hydrogen) atoms. The Morgan fingerprint density at radius 1 is 1.44 bits per heavy atom. The Bertz CT molecular complexity index is 380. The van der Waals surface area contributed by atoms with Crippen LogP contribution in [0, 0.1) is 0 Å². The molecule has 1 amide bonds. The monoisotopic (exact) mass is 249 g/mol. The van der Waals surface area contributed by atoms with Crippen LogP contribution in [-0.4, -0.2) is 36.8 Å². The number of carbonyl (C=O) groups excluding carboxylic acids is 1. The van der Waals surface area contributed by atoms with E-state index < -0.39 is 0 Å². The van der Waals surface area contributed by atoms with E-state index in [1.165, 1.54) is 0 Å². The Labute approximate surface area is 107 Å². The lowest BCUT2D eigenvalue weighted by molar-refractivity contribution is 0.0577. The fourth-order valence-corrected chi connectivity index (χ4v) is 1.97. The van der Waals surface area contributed by atoms with Crippen molar-refractivity contribution in [2.75, 3.05) is 19.7 Å². The molecule has 0 aliphatic carbocycles. The summed E-state index contributed by atoms with van der Waals surface area (Å²) in [6, 6.07) is 9.71. The third-order valence-electron chi connectivity index (χ3n) is 2.92. The largest absolute Gasteiger partial charge is 0.445 e. The average molecular weight is 249 g/mol. The quantitative estimate of drug-likeness (QED) is 0.808. The highest BCUT2D eigenvalue weighted by molar-refractivity contribution is 5.67. The Hall–Kier alpha value is -1.55. The van der Waals surface area contributed by atoms with Gasteiger partial charge in [0.25, 0.3) is 0 Å². The molecule has 0 N–H and O–H groups in total. The van der Waals surface area contributed by atoms with Crippen LogP contribution in [-0.2, 0) is 16.1 Å². The molecule has 1 aliphatic heterocycles. The molecular weight excluding hydrogens is 230 g/mol. The third kappa shape index (κ3) is 3.74. The number of carbonyl (C=O) groups is 1.